The van der Waals surface area contributed by atoms with Gasteiger partial charge in [-0.15, -0.1) is 0 Å². The van der Waals surface area contributed by atoms with Crippen LogP contribution in [0.25, 0.3) is 6.08 Å². The van der Waals surface area contributed by atoms with Gasteiger partial charge in [-0.1, -0.05) is 42.5 Å². The van der Waals surface area contributed by atoms with Crippen LogP contribution in [0.15, 0.2) is 60.7 Å². The zero-order valence-corrected chi connectivity index (χ0v) is 14.9. The minimum absolute atomic E-state index is 0.134. The summed E-state index contributed by atoms with van der Waals surface area (Å²) in [6.45, 7) is 3.26. The molecule has 0 aliphatic carbocycles. The van der Waals surface area contributed by atoms with Gasteiger partial charge in [-0.2, -0.15) is 0 Å². The van der Waals surface area contributed by atoms with E-state index < -0.39 is 5.91 Å². The monoisotopic (exact) mass is 352 g/mol. The first-order valence-electron chi connectivity index (χ1n) is 8.60. The van der Waals surface area contributed by atoms with E-state index in [-0.39, 0.29) is 18.9 Å². The van der Waals surface area contributed by atoms with Gasteiger partial charge >= 0.3 is 0 Å². The highest BCUT2D eigenvalue weighted by atomic mass is 16.5. The second-order valence-corrected chi connectivity index (χ2v) is 5.80. The van der Waals surface area contributed by atoms with Gasteiger partial charge in [0, 0.05) is 25.6 Å². The molecule has 0 aliphatic rings. The van der Waals surface area contributed by atoms with Crippen LogP contribution in [-0.2, 0) is 16.1 Å². The Kier molecular flexibility index (Phi) is 7.43. The van der Waals surface area contributed by atoms with Gasteiger partial charge in [0.15, 0.2) is 0 Å². The average Bonchev–Trinajstić information content (AvgIpc) is 2.65. The molecule has 0 fully saturated rings. The maximum Gasteiger partial charge on any atom is 0.246 e. The molecule has 26 heavy (non-hydrogen) atoms. The first kappa shape index (κ1) is 19.2. The van der Waals surface area contributed by atoms with Crippen molar-refractivity contribution >= 4 is 17.9 Å². The topological polar surface area (TPSA) is 72.6 Å². The molecule has 0 saturated carbocycles. The van der Waals surface area contributed by atoms with Gasteiger partial charge in [-0.25, -0.2) is 0 Å². The second-order valence-electron chi connectivity index (χ2n) is 5.80. The normalized spacial score (nSPS) is 10.7. The van der Waals surface area contributed by atoms with Crippen molar-refractivity contribution < 1.29 is 14.3 Å². The van der Waals surface area contributed by atoms with Gasteiger partial charge in [0.05, 0.1) is 6.61 Å². The van der Waals surface area contributed by atoms with E-state index in [1.165, 1.54) is 6.08 Å². The lowest BCUT2D eigenvalue weighted by molar-refractivity contribution is -0.127. The number of benzene rings is 2. The number of carbonyl (C=O) groups excluding carboxylic acids is 2. The molecule has 5 heteroatoms. The molecule has 2 rings (SSSR count). The average molecular weight is 352 g/mol. The third-order valence-corrected chi connectivity index (χ3v) is 3.77. The summed E-state index contributed by atoms with van der Waals surface area (Å²) in [6.07, 6.45) is 3.40. The lowest BCUT2D eigenvalue weighted by Gasteiger charge is -2.20. The number of rotatable bonds is 9. The fraction of sp³-hybridized carbons (Fsp3) is 0.238. The van der Waals surface area contributed by atoms with Crippen LogP contribution in [0.3, 0.4) is 0 Å². The molecule has 0 unspecified atom stereocenters. The summed E-state index contributed by atoms with van der Waals surface area (Å²) in [5.41, 5.74) is 7.13. The van der Waals surface area contributed by atoms with E-state index in [9.17, 15) is 9.59 Å². The summed E-state index contributed by atoms with van der Waals surface area (Å²) in [5, 5.41) is 0. The molecule has 136 valence electrons. The molecule has 2 aromatic rings. The van der Waals surface area contributed by atoms with Gasteiger partial charge in [0.2, 0.25) is 11.8 Å². The molecule has 5 nitrogen and oxygen atoms in total. The molecule has 0 saturated heterocycles. The van der Waals surface area contributed by atoms with Gasteiger partial charge in [-0.3, -0.25) is 9.59 Å². The molecule has 0 radical (unpaired) electrons. The highest BCUT2D eigenvalue weighted by Crippen LogP contribution is 2.13. The Morgan fingerprint density at radius 2 is 1.77 bits per heavy atom. The molecule has 2 amide bonds. The van der Waals surface area contributed by atoms with Crippen LogP contribution >= 0.6 is 0 Å². The third kappa shape index (κ3) is 6.43. The van der Waals surface area contributed by atoms with Crippen LogP contribution in [0.2, 0.25) is 0 Å². The first-order valence-corrected chi connectivity index (χ1v) is 8.60. The number of hydrogen-bond donors (Lipinski definition) is 1. The molecule has 0 bridgehead atoms. The minimum Gasteiger partial charge on any atom is -0.494 e. The van der Waals surface area contributed by atoms with Crippen molar-refractivity contribution in [3.63, 3.8) is 0 Å². The van der Waals surface area contributed by atoms with Crippen LogP contribution in [-0.4, -0.2) is 29.9 Å². The van der Waals surface area contributed by atoms with Gasteiger partial charge in [0.25, 0.3) is 0 Å². The molecule has 0 spiro atoms. The molecule has 0 aliphatic heterocycles. The van der Waals surface area contributed by atoms with Crippen molar-refractivity contribution in [3.05, 3.63) is 71.8 Å². The Balaban J connectivity index is 2.05. The zero-order valence-electron chi connectivity index (χ0n) is 14.9. The fourth-order valence-electron chi connectivity index (χ4n) is 2.43. The Morgan fingerprint density at radius 3 is 2.38 bits per heavy atom. The molecular formula is C21H24N2O3. The molecule has 0 atom stereocenters. The van der Waals surface area contributed by atoms with Crippen LogP contribution in [0.1, 0.15) is 24.5 Å². The largest absolute Gasteiger partial charge is 0.494 e. The molecule has 0 heterocycles. The summed E-state index contributed by atoms with van der Waals surface area (Å²) >= 11 is 0. The van der Waals surface area contributed by atoms with E-state index in [0.717, 1.165) is 16.9 Å². The predicted molar refractivity (Wildman–Crippen MR) is 102 cm³/mol. The highest BCUT2D eigenvalue weighted by Gasteiger charge is 2.12. The zero-order chi connectivity index (χ0) is 18.8. The van der Waals surface area contributed by atoms with Crippen molar-refractivity contribution in [2.24, 2.45) is 5.73 Å². The van der Waals surface area contributed by atoms with Crippen molar-refractivity contribution in [2.75, 3.05) is 13.2 Å². The SMILES string of the molecule is CCOc1ccc(/C=C/C(=O)N(CCC(N)=O)Cc2ccccc2)cc1. The van der Waals surface area contributed by atoms with Crippen molar-refractivity contribution in [2.45, 2.75) is 19.9 Å². The lowest BCUT2D eigenvalue weighted by Crippen LogP contribution is -2.32. The van der Waals surface area contributed by atoms with Crippen LogP contribution in [0.4, 0.5) is 0 Å². The Hall–Kier alpha value is -3.08. The second kappa shape index (κ2) is 10.0. The standard InChI is InChI=1S/C21H24N2O3/c1-2-26-19-11-8-17(9-12-19)10-13-21(25)23(15-14-20(22)24)16-18-6-4-3-5-7-18/h3-13H,2,14-16H2,1H3,(H2,22,24)/b13-10+. The summed E-state index contributed by atoms with van der Waals surface area (Å²) in [6, 6.07) is 17.2. The van der Waals surface area contributed by atoms with E-state index in [1.54, 1.807) is 11.0 Å². The number of carbonyl (C=O) groups is 2. The fourth-order valence-corrected chi connectivity index (χ4v) is 2.43. The van der Waals surface area contributed by atoms with E-state index in [1.807, 2.05) is 61.5 Å². The van der Waals surface area contributed by atoms with Crippen LogP contribution in [0.5, 0.6) is 5.75 Å². The number of ether oxygens (including phenoxy) is 1. The van der Waals surface area contributed by atoms with E-state index >= 15 is 0 Å². The third-order valence-electron chi connectivity index (χ3n) is 3.77. The Bertz CT molecular complexity index is 740. The van der Waals surface area contributed by atoms with Crippen LogP contribution < -0.4 is 10.5 Å². The Morgan fingerprint density at radius 1 is 1.08 bits per heavy atom. The molecule has 0 aromatic heterocycles. The molecule has 2 N–H and O–H groups in total. The van der Waals surface area contributed by atoms with Crippen LogP contribution in [0, 0.1) is 0 Å². The number of amides is 2. The quantitative estimate of drug-likeness (QED) is 0.705. The summed E-state index contributed by atoms with van der Waals surface area (Å²) in [7, 11) is 0. The maximum atomic E-state index is 12.6. The molecular weight excluding hydrogens is 328 g/mol. The van der Waals surface area contributed by atoms with Crippen molar-refractivity contribution in [1.29, 1.82) is 0 Å². The Labute approximate surface area is 154 Å². The van der Waals surface area contributed by atoms with Crippen molar-refractivity contribution in [1.82, 2.24) is 4.90 Å². The number of hydrogen-bond acceptors (Lipinski definition) is 3. The van der Waals surface area contributed by atoms with E-state index in [4.69, 9.17) is 10.5 Å². The highest BCUT2D eigenvalue weighted by molar-refractivity contribution is 5.92. The van der Waals surface area contributed by atoms with E-state index in [2.05, 4.69) is 0 Å². The first-order chi connectivity index (χ1) is 12.6. The van der Waals surface area contributed by atoms with Gasteiger partial charge in [-0.05, 0) is 36.3 Å². The molecule has 2 aromatic carbocycles. The minimum atomic E-state index is -0.425. The summed E-state index contributed by atoms with van der Waals surface area (Å²) in [5.74, 6) is 0.207. The summed E-state index contributed by atoms with van der Waals surface area (Å²) in [4.78, 5) is 25.3. The number of primary amides is 1. The predicted octanol–water partition coefficient (Wildman–Crippen LogP) is 3.00. The van der Waals surface area contributed by atoms with Crippen molar-refractivity contribution in [3.8, 4) is 5.75 Å². The van der Waals surface area contributed by atoms with Gasteiger partial charge < -0.3 is 15.4 Å². The van der Waals surface area contributed by atoms with E-state index in [0.29, 0.717) is 13.2 Å². The lowest BCUT2D eigenvalue weighted by atomic mass is 10.2. The summed E-state index contributed by atoms with van der Waals surface area (Å²) < 4.78 is 5.40. The number of nitrogens with zero attached hydrogens (tertiary/aromatic N) is 1. The number of nitrogens with two attached hydrogens (primary N) is 1. The van der Waals surface area contributed by atoms with Gasteiger partial charge in [0.1, 0.15) is 5.75 Å². The maximum absolute atomic E-state index is 12.6. The smallest absolute Gasteiger partial charge is 0.246 e.